The van der Waals surface area contributed by atoms with Crippen LogP contribution in [0.2, 0.25) is 0 Å². The molecule has 0 aliphatic rings. The maximum atomic E-state index is 13.3. The Morgan fingerprint density at radius 3 is 2.24 bits per heavy atom. The van der Waals surface area contributed by atoms with E-state index in [0.717, 1.165) is 4.47 Å². The van der Waals surface area contributed by atoms with Crippen molar-refractivity contribution in [3.05, 3.63) is 119 Å². The lowest BCUT2D eigenvalue weighted by atomic mass is 10.1. The Kier molecular flexibility index (Phi) is 8.45. The third-order valence-corrected chi connectivity index (χ3v) is 7.33. The number of carbonyl (C=O) groups is 2. The van der Waals surface area contributed by atoms with E-state index in [0.29, 0.717) is 17.0 Å². The minimum Gasteiger partial charge on any atom is -0.497 e. The summed E-state index contributed by atoms with van der Waals surface area (Å²) in [7, 11) is -2.49. The van der Waals surface area contributed by atoms with E-state index < -0.39 is 28.0 Å². The highest BCUT2D eigenvalue weighted by Gasteiger charge is 2.28. The highest BCUT2D eigenvalue weighted by atomic mass is 79.9. The van der Waals surface area contributed by atoms with E-state index in [2.05, 4.69) is 26.0 Å². The van der Waals surface area contributed by atoms with Gasteiger partial charge in [-0.25, -0.2) is 13.2 Å². The molecule has 10 heteroatoms. The van der Waals surface area contributed by atoms with Gasteiger partial charge in [-0.05, 0) is 48.5 Å². The van der Waals surface area contributed by atoms with Crippen LogP contribution in [-0.4, -0.2) is 27.4 Å². The maximum absolute atomic E-state index is 13.3. The minimum atomic E-state index is -4.00. The summed E-state index contributed by atoms with van der Waals surface area (Å²) in [5.41, 5.74) is 0.854. The van der Waals surface area contributed by atoms with Crippen molar-refractivity contribution in [1.29, 1.82) is 0 Å². The zero-order valence-electron chi connectivity index (χ0n) is 20.1. The molecule has 4 aromatic rings. The Morgan fingerprint density at radius 2 is 1.53 bits per heavy atom. The lowest BCUT2D eigenvalue weighted by molar-refractivity contribution is -0.125. The van der Waals surface area contributed by atoms with Gasteiger partial charge in [0.25, 0.3) is 15.9 Å². The highest BCUT2D eigenvalue weighted by Crippen LogP contribution is 2.27. The molecule has 0 saturated carbocycles. The summed E-state index contributed by atoms with van der Waals surface area (Å²) in [5.74, 6) is -0.928. The first-order valence-electron chi connectivity index (χ1n) is 11.3. The Balaban J connectivity index is 1.60. The second-order valence-corrected chi connectivity index (χ2v) is 10.6. The van der Waals surface area contributed by atoms with Crippen LogP contribution in [-0.2, 0) is 19.6 Å². The van der Waals surface area contributed by atoms with Gasteiger partial charge < -0.3 is 14.8 Å². The van der Waals surface area contributed by atoms with Gasteiger partial charge in [-0.3, -0.25) is 9.52 Å². The Hall–Kier alpha value is -4.15. The summed E-state index contributed by atoms with van der Waals surface area (Å²) in [4.78, 5) is 26.6. The van der Waals surface area contributed by atoms with Crippen LogP contribution >= 0.6 is 15.9 Å². The molecule has 2 N–H and O–H groups in total. The monoisotopic (exact) mass is 594 g/mol. The molecule has 0 saturated heterocycles. The van der Waals surface area contributed by atoms with Crippen molar-refractivity contribution in [3.63, 3.8) is 0 Å². The first-order valence-corrected chi connectivity index (χ1v) is 13.6. The van der Waals surface area contributed by atoms with Gasteiger partial charge in [0.2, 0.25) is 6.10 Å². The summed E-state index contributed by atoms with van der Waals surface area (Å²) in [5, 5.41) is 2.74. The number of esters is 1. The molecule has 0 radical (unpaired) electrons. The van der Waals surface area contributed by atoms with E-state index in [4.69, 9.17) is 9.47 Å². The summed E-state index contributed by atoms with van der Waals surface area (Å²) in [6.07, 6.45) is -1.31. The summed E-state index contributed by atoms with van der Waals surface area (Å²) in [6, 6.07) is 27.4. The highest BCUT2D eigenvalue weighted by molar-refractivity contribution is 9.10. The number of nitrogens with one attached hydrogen (secondary N) is 2. The van der Waals surface area contributed by atoms with Crippen molar-refractivity contribution in [2.75, 3.05) is 17.1 Å². The molecule has 0 unspecified atom stereocenters. The summed E-state index contributed by atoms with van der Waals surface area (Å²) in [6.45, 7) is 0. The molecule has 38 heavy (non-hydrogen) atoms. The van der Waals surface area contributed by atoms with Crippen LogP contribution in [0.1, 0.15) is 22.0 Å². The molecule has 0 bridgehead atoms. The molecule has 194 valence electrons. The van der Waals surface area contributed by atoms with Crippen LogP contribution in [0.4, 0.5) is 11.4 Å². The van der Waals surface area contributed by atoms with Crippen LogP contribution < -0.4 is 14.8 Å². The van der Waals surface area contributed by atoms with Gasteiger partial charge in [-0.2, -0.15) is 0 Å². The number of amides is 1. The molecule has 0 spiro atoms. The zero-order valence-corrected chi connectivity index (χ0v) is 22.5. The number of halogens is 1. The number of hydrogen-bond acceptors (Lipinski definition) is 6. The quantitative estimate of drug-likeness (QED) is 0.237. The van der Waals surface area contributed by atoms with Crippen molar-refractivity contribution in [2.45, 2.75) is 11.0 Å². The number of methoxy groups -OCH3 is 1. The second kappa shape index (κ2) is 11.9. The first-order chi connectivity index (χ1) is 18.3. The first kappa shape index (κ1) is 26.9. The standard InChI is InChI=1S/C28H23BrN2O6S/c1-36-22-11-7-10-21(18-22)30-27(32)26(19-8-3-2-4-9-19)37-28(33)24-12-5-6-13-25(24)31-38(34,35)23-16-14-20(29)15-17-23/h2-18,26,31H,1H3,(H,30,32)/t26-/m1/s1. The molecule has 4 rings (SSSR count). The number of sulfonamides is 1. The van der Waals surface area contributed by atoms with E-state index in [1.807, 2.05) is 0 Å². The molecule has 8 nitrogen and oxygen atoms in total. The Labute approximate surface area is 228 Å². The van der Waals surface area contributed by atoms with Crippen LogP contribution in [0.15, 0.2) is 112 Å². The number of carbonyl (C=O) groups excluding carboxylic acids is 2. The minimum absolute atomic E-state index is 0.0143. The average Bonchev–Trinajstić information content (AvgIpc) is 2.92. The van der Waals surface area contributed by atoms with Gasteiger partial charge in [0, 0.05) is 21.8 Å². The number of para-hydroxylation sites is 1. The predicted molar refractivity (Wildman–Crippen MR) is 148 cm³/mol. The molecule has 0 aliphatic heterocycles. The van der Waals surface area contributed by atoms with Crippen LogP contribution in [0.25, 0.3) is 0 Å². The van der Waals surface area contributed by atoms with Crippen molar-refractivity contribution >= 4 is 49.2 Å². The van der Waals surface area contributed by atoms with Gasteiger partial charge in [0.1, 0.15) is 5.75 Å². The van der Waals surface area contributed by atoms with E-state index in [-0.39, 0.29) is 16.1 Å². The number of rotatable bonds is 9. The average molecular weight is 595 g/mol. The Morgan fingerprint density at radius 1 is 0.842 bits per heavy atom. The summed E-state index contributed by atoms with van der Waals surface area (Å²) >= 11 is 3.28. The van der Waals surface area contributed by atoms with Gasteiger partial charge in [0.05, 0.1) is 23.3 Å². The molecule has 0 aromatic heterocycles. The Bertz CT molecular complexity index is 1540. The van der Waals surface area contributed by atoms with E-state index in [1.165, 1.54) is 31.4 Å². The number of benzene rings is 4. The van der Waals surface area contributed by atoms with Gasteiger partial charge >= 0.3 is 5.97 Å². The fourth-order valence-corrected chi connectivity index (χ4v) is 4.89. The fraction of sp³-hybridized carbons (Fsp3) is 0.0714. The smallest absolute Gasteiger partial charge is 0.341 e. The van der Waals surface area contributed by atoms with Crippen molar-refractivity contribution in [3.8, 4) is 5.75 Å². The van der Waals surface area contributed by atoms with Crippen molar-refractivity contribution in [1.82, 2.24) is 0 Å². The molecule has 0 heterocycles. The topological polar surface area (TPSA) is 111 Å². The second-order valence-electron chi connectivity index (χ2n) is 8.02. The largest absolute Gasteiger partial charge is 0.497 e. The third-order valence-electron chi connectivity index (χ3n) is 5.42. The number of hydrogen-bond donors (Lipinski definition) is 2. The fourth-order valence-electron chi connectivity index (χ4n) is 3.55. The molecule has 4 aromatic carbocycles. The van der Waals surface area contributed by atoms with Crippen molar-refractivity contribution in [2.24, 2.45) is 0 Å². The van der Waals surface area contributed by atoms with Gasteiger partial charge in [0.15, 0.2) is 0 Å². The maximum Gasteiger partial charge on any atom is 0.341 e. The SMILES string of the molecule is COc1cccc(NC(=O)[C@H](OC(=O)c2ccccc2NS(=O)(=O)c2ccc(Br)cc2)c2ccccc2)c1. The lowest BCUT2D eigenvalue weighted by Crippen LogP contribution is -2.26. The zero-order chi connectivity index (χ0) is 27.1. The van der Waals surface area contributed by atoms with Gasteiger partial charge in [-0.15, -0.1) is 0 Å². The normalized spacial score (nSPS) is 11.7. The van der Waals surface area contributed by atoms with E-state index >= 15 is 0 Å². The number of anilines is 2. The molecule has 1 amide bonds. The lowest BCUT2D eigenvalue weighted by Gasteiger charge is -2.19. The number of ether oxygens (including phenoxy) is 2. The van der Waals surface area contributed by atoms with E-state index in [1.54, 1.807) is 78.9 Å². The van der Waals surface area contributed by atoms with Crippen LogP contribution in [0.5, 0.6) is 5.75 Å². The van der Waals surface area contributed by atoms with Gasteiger partial charge in [-0.1, -0.05) is 64.5 Å². The van der Waals surface area contributed by atoms with Crippen LogP contribution in [0.3, 0.4) is 0 Å². The van der Waals surface area contributed by atoms with Crippen LogP contribution in [0, 0.1) is 0 Å². The molecule has 1 atom stereocenters. The summed E-state index contributed by atoms with van der Waals surface area (Å²) < 4.78 is 39.9. The predicted octanol–water partition coefficient (Wildman–Crippen LogP) is 5.80. The molecular weight excluding hydrogens is 572 g/mol. The third kappa shape index (κ3) is 6.58. The molecular formula is C28H23BrN2O6S. The molecule has 0 fully saturated rings. The van der Waals surface area contributed by atoms with E-state index in [9.17, 15) is 18.0 Å². The van der Waals surface area contributed by atoms with Crippen molar-refractivity contribution < 1.29 is 27.5 Å². The molecule has 0 aliphatic carbocycles.